The molecule has 0 amide bonds. The van der Waals surface area contributed by atoms with Crippen molar-refractivity contribution in [3.63, 3.8) is 0 Å². The Hall–Kier alpha value is -0.470. The lowest BCUT2D eigenvalue weighted by atomic mass is 10.2. The van der Waals surface area contributed by atoms with E-state index < -0.39 is 0 Å². The van der Waals surface area contributed by atoms with E-state index in [0.717, 1.165) is 18.1 Å². The summed E-state index contributed by atoms with van der Waals surface area (Å²) >= 11 is 1.76. The SMILES string of the molecule is Cc1cccc(SCC(O)CC2CC2)c1. The molecule has 1 fully saturated rings. The van der Waals surface area contributed by atoms with Gasteiger partial charge in [-0.15, -0.1) is 11.8 Å². The minimum Gasteiger partial charge on any atom is -0.392 e. The van der Waals surface area contributed by atoms with Gasteiger partial charge in [0.1, 0.15) is 0 Å². The van der Waals surface area contributed by atoms with Crippen molar-refractivity contribution in [1.29, 1.82) is 0 Å². The number of aliphatic hydroxyl groups is 1. The Bertz CT molecular complexity index is 320. The first-order valence-corrected chi connectivity index (χ1v) is 6.60. The zero-order chi connectivity index (χ0) is 10.7. The largest absolute Gasteiger partial charge is 0.392 e. The van der Waals surface area contributed by atoms with E-state index in [2.05, 4.69) is 31.2 Å². The molecule has 2 heteroatoms. The van der Waals surface area contributed by atoms with Crippen LogP contribution in [-0.4, -0.2) is 17.0 Å². The average Bonchev–Trinajstić information content (AvgIpc) is 2.99. The van der Waals surface area contributed by atoms with Gasteiger partial charge in [-0.1, -0.05) is 30.5 Å². The molecule has 1 N–H and O–H groups in total. The van der Waals surface area contributed by atoms with Gasteiger partial charge in [0.2, 0.25) is 0 Å². The summed E-state index contributed by atoms with van der Waals surface area (Å²) in [5.74, 6) is 1.65. The highest BCUT2D eigenvalue weighted by molar-refractivity contribution is 7.99. The molecule has 0 radical (unpaired) electrons. The first-order valence-electron chi connectivity index (χ1n) is 5.61. The molecule has 1 aliphatic carbocycles. The standard InChI is InChI=1S/C13H18OS/c1-10-3-2-4-13(7-10)15-9-12(14)8-11-5-6-11/h2-4,7,11-12,14H,5-6,8-9H2,1H3. The molecule has 1 nitrogen and oxygen atoms in total. The predicted molar refractivity (Wildman–Crippen MR) is 65.3 cm³/mol. The lowest BCUT2D eigenvalue weighted by molar-refractivity contribution is 0.182. The number of hydrogen-bond donors (Lipinski definition) is 1. The Morgan fingerprint density at radius 1 is 1.47 bits per heavy atom. The van der Waals surface area contributed by atoms with Crippen LogP contribution in [-0.2, 0) is 0 Å². The molecule has 0 bridgehead atoms. The van der Waals surface area contributed by atoms with Gasteiger partial charge in [-0.25, -0.2) is 0 Å². The van der Waals surface area contributed by atoms with Crippen molar-refractivity contribution < 1.29 is 5.11 Å². The molecule has 1 aromatic carbocycles. The van der Waals surface area contributed by atoms with E-state index in [0.29, 0.717) is 0 Å². The van der Waals surface area contributed by atoms with Crippen LogP contribution in [0.1, 0.15) is 24.8 Å². The molecule has 0 heterocycles. The van der Waals surface area contributed by atoms with Crippen molar-refractivity contribution >= 4 is 11.8 Å². The maximum atomic E-state index is 9.77. The lowest BCUT2D eigenvalue weighted by Crippen LogP contribution is -2.10. The summed E-state index contributed by atoms with van der Waals surface area (Å²) in [7, 11) is 0. The third-order valence-corrected chi connectivity index (χ3v) is 3.87. The van der Waals surface area contributed by atoms with E-state index >= 15 is 0 Å². The molecule has 1 aliphatic rings. The zero-order valence-electron chi connectivity index (χ0n) is 9.15. The fourth-order valence-corrected chi connectivity index (χ4v) is 2.67. The van der Waals surface area contributed by atoms with E-state index in [1.807, 2.05) is 0 Å². The Kier molecular flexibility index (Phi) is 3.71. The van der Waals surface area contributed by atoms with Gasteiger partial charge in [0.05, 0.1) is 6.10 Å². The number of aryl methyl sites for hydroxylation is 1. The fourth-order valence-electron chi connectivity index (χ4n) is 1.70. The lowest BCUT2D eigenvalue weighted by Gasteiger charge is -2.09. The van der Waals surface area contributed by atoms with Gasteiger partial charge in [0.25, 0.3) is 0 Å². The molecule has 15 heavy (non-hydrogen) atoms. The quantitative estimate of drug-likeness (QED) is 0.772. The van der Waals surface area contributed by atoms with Crippen molar-refractivity contribution in [2.24, 2.45) is 5.92 Å². The number of aliphatic hydroxyl groups excluding tert-OH is 1. The van der Waals surface area contributed by atoms with Crippen molar-refractivity contribution in [2.75, 3.05) is 5.75 Å². The third kappa shape index (κ3) is 3.88. The molecule has 0 saturated heterocycles. The Morgan fingerprint density at radius 2 is 2.27 bits per heavy atom. The van der Waals surface area contributed by atoms with Crippen LogP contribution in [0.2, 0.25) is 0 Å². The second-order valence-electron chi connectivity index (χ2n) is 4.46. The highest BCUT2D eigenvalue weighted by Crippen LogP contribution is 2.34. The van der Waals surface area contributed by atoms with Gasteiger partial charge in [-0.2, -0.15) is 0 Å². The molecule has 1 aromatic rings. The number of hydrogen-bond acceptors (Lipinski definition) is 2. The monoisotopic (exact) mass is 222 g/mol. The third-order valence-electron chi connectivity index (χ3n) is 2.73. The van der Waals surface area contributed by atoms with E-state index in [1.54, 1.807) is 11.8 Å². The molecule has 0 aliphatic heterocycles. The van der Waals surface area contributed by atoms with Crippen LogP contribution in [0.5, 0.6) is 0 Å². The summed E-state index contributed by atoms with van der Waals surface area (Å²) < 4.78 is 0. The van der Waals surface area contributed by atoms with Crippen molar-refractivity contribution in [3.8, 4) is 0 Å². The van der Waals surface area contributed by atoms with E-state index in [9.17, 15) is 5.11 Å². The van der Waals surface area contributed by atoms with Gasteiger partial charge in [0.15, 0.2) is 0 Å². The second-order valence-corrected chi connectivity index (χ2v) is 5.55. The summed E-state index contributed by atoms with van der Waals surface area (Å²) in [6.45, 7) is 2.10. The highest BCUT2D eigenvalue weighted by Gasteiger charge is 2.24. The molecule has 0 aromatic heterocycles. The molecular formula is C13H18OS. The maximum Gasteiger partial charge on any atom is 0.0636 e. The van der Waals surface area contributed by atoms with Crippen molar-refractivity contribution in [2.45, 2.75) is 37.2 Å². The van der Waals surface area contributed by atoms with E-state index in [-0.39, 0.29) is 6.10 Å². The molecule has 1 saturated carbocycles. The number of rotatable bonds is 5. The van der Waals surface area contributed by atoms with E-state index in [4.69, 9.17) is 0 Å². The molecular weight excluding hydrogens is 204 g/mol. The Morgan fingerprint density at radius 3 is 2.93 bits per heavy atom. The topological polar surface area (TPSA) is 20.2 Å². The Balaban J connectivity index is 1.76. The van der Waals surface area contributed by atoms with Crippen LogP contribution in [0, 0.1) is 12.8 Å². The van der Waals surface area contributed by atoms with Crippen LogP contribution in [0.15, 0.2) is 29.2 Å². The fraction of sp³-hybridized carbons (Fsp3) is 0.538. The van der Waals surface area contributed by atoms with Crippen LogP contribution >= 0.6 is 11.8 Å². The van der Waals surface area contributed by atoms with Gasteiger partial charge >= 0.3 is 0 Å². The molecule has 82 valence electrons. The summed E-state index contributed by atoms with van der Waals surface area (Å²) in [5.41, 5.74) is 1.29. The van der Waals surface area contributed by atoms with Gasteiger partial charge in [0, 0.05) is 10.6 Å². The molecule has 0 spiro atoms. The van der Waals surface area contributed by atoms with Crippen molar-refractivity contribution in [3.05, 3.63) is 29.8 Å². The van der Waals surface area contributed by atoms with E-state index in [1.165, 1.54) is 23.3 Å². The van der Waals surface area contributed by atoms with Crippen LogP contribution < -0.4 is 0 Å². The first-order chi connectivity index (χ1) is 7.24. The summed E-state index contributed by atoms with van der Waals surface area (Å²) in [6, 6.07) is 8.46. The van der Waals surface area contributed by atoms with Crippen LogP contribution in [0.4, 0.5) is 0 Å². The summed E-state index contributed by atoms with van der Waals surface area (Å²) in [6.07, 6.45) is 3.53. The second kappa shape index (κ2) is 5.04. The zero-order valence-corrected chi connectivity index (χ0v) is 9.96. The highest BCUT2D eigenvalue weighted by atomic mass is 32.2. The Labute approximate surface area is 95.9 Å². The molecule has 1 atom stereocenters. The minimum atomic E-state index is -0.122. The average molecular weight is 222 g/mol. The first kappa shape index (κ1) is 11.0. The molecule has 2 rings (SSSR count). The van der Waals surface area contributed by atoms with Crippen molar-refractivity contribution in [1.82, 2.24) is 0 Å². The van der Waals surface area contributed by atoms with Crippen LogP contribution in [0.3, 0.4) is 0 Å². The van der Waals surface area contributed by atoms with Gasteiger partial charge in [-0.3, -0.25) is 0 Å². The predicted octanol–water partition coefficient (Wildman–Crippen LogP) is 3.25. The number of thioether (sulfide) groups is 1. The van der Waals surface area contributed by atoms with Gasteiger partial charge in [-0.05, 0) is 31.4 Å². The maximum absolute atomic E-state index is 9.77. The summed E-state index contributed by atoms with van der Waals surface area (Å²) in [5, 5.41) is 9.77. The van der Waals surface area contributed by atoms with Gasteiger partial charge < -0.3 is 5.11 Å². The molecule has 1 unspecified atom stereocenters. The number of benzene rings is 1. The normalized spacial score (nSPS) is 17.7. The minimum absolute atomic E-state index is 0.122. The summed E-state index contributed by atoms with van der Waals surface area (Å²) in [4.78, 5) is 1.27. The van der Waals surface area contributed by atoms with Crippen LogP contribution in [0.25, 0.3) is 0 Å². The smallest absolute Gasteiger partial charge is 0.0636 e.